The van der Waals surface area contributed by atoms with Gasteiger partial charge in [0.05, 0.1) is 17.0 Å². The number of hydrogen-bond donors (Lipinski definition) is 1. The van der Waals surface area contributed by atoms with Crippen molar-refractivity contribution in [1.29, 1.82) is 0 Å². The van der Waals surface area contributed by atoms with Gasteiger partial charge in [-0.15, -0.1) is 11.3 Å². The maximum absolute atomic E-state index is 12.0. The maximum Gasteiger partial charge on any atom is 0.266 e. The quantitative estimate of drug-likeness (QED) is 0.709. The predicted molar refractivity (Wildman–Crippen MR) is 93.4 cm³/mol. The van der Waals surface area contributed by atoms with Gasteiger partial charge in [-0.3, -0.25) is 9.59 Å². The topological polar surface area (TPSA) is 76.9 Å². The van der Waals surface area contributed by atoms with Gasteiger partial charge < -0.3 is 5.32 Å². The van der Waals surface area contributed by atoms with Crippen LogP contribution in [0.1, 0.15) is 10.4 Å². The molecule has 3 aromatic heterocycles. The normalized spacial score (nSPS) is 10.5. The molecule has 0 saturated heterocycles. The Balaban J connectivity index is 1.64. The largest absolute Gasteiger partial charge is 0.350 e. The number of halogens is 1. The van der Waals surface area contributed by atoms with E-state index in [-0.39, 0.29) is 24.6 Å². The molecular formula is C16H13ClN4O2S. The lowest BCUT2D eigenvalue weighted by molar-refractivity contribution is 0.0951. The third kappa shape index (κ3) is 3.87. The molecule has 0 saturated carbocycles. The van der Waals surface area contributed by atoms with E-state index in [2.05, 4.69) is 15.4 Å². The highest BCUT2D eigenvalue weighted by Gasteiger charge is 2.07. The van der Waals surface area contributed by atoms with Crippen LogP contribution in [0, 0.1) is 0 Å². The average molecular weight is 361 g/mol. The van der Waals surface area contributed by atoms with E-state index in [0.717, 1.165) is 10.6 Å². The van der Waals surface area contributed by atoms with Crippen LogP contribution < -0.4 is 10.9 Å². The molecule has 0 unspecified atom stereocenters. The van der Waals surface area contributed by atoms with Crippen molar-refractivity contribution in [3.63, 3.8) is 0 Å². The second kappa shape index (κ2) is 7.37. The van der Waals surface area contributed by atoms with Gasteiger partial charge in [0, 0.05) is 18.8 Å². The minimum atomic E-state index is -0.276. The van der Waals surface area contributed by atoms with Crippen LogP contribution in [0.15, 0.2) is 52.8 Å². The molecule has 3 heterocycles. The Labute approximate surface area is 146 Å². The Kier molecular flexibility index (Phi) is 5.02. The zero-order valence-electron chi connectivity index (χ0n) is 12.5. The van der Waals surface area contributed by atoms with Crippen molar-refractivity contribution in [2.45, 2.75) is 6.54 Å². The molecular weight excluding hydrogens is 348 g/mol. The van der Waals surface area contributed by atoms with Crippen molar-refractivity contribution in [2.24, 2.45) is 0 Å². The fourth-order valence-corrected chi connectivity index (χ4v) is 2.85. The molecule has 3 aromatic rings. The summed E-state index contributed by atoms with van der Waals surface area (Å²) in [5.74, 6) is -0.276. The number of amides is 1. The number of nitrogens with one attached hydrogen (secondary N) is 1. The van der Waals surface area contributed by atoms with E-state index in [0.29, 0.717) is 10.7 Å². The van der Waals surface area contributed by atoms with Gasteiger partial charge in [-0.2, -0.15) is 5.10 Å². The van der Waals surface area contributed by atoms with Crippen LogP contribution in [0.25, 0.3) is 10.6 Å². The summed E-state index contributed by atoms with van der Waals surface area (Å²) in [7, 11) is 0. The standard InChI is InChI=1S/C16H13ClN4O2S/c17-14-5-3-11(10-19-14)16(23)18-7-8-21-15(22)6-4-12(20-21)13-2-1-9-24-13/h1-6,9-10H,7-8H2,(H,18,23). The number of nitrogens with zero attached hydrogens (tertiary/aromatic N) is 3. The van der Waals surface area contributed by atoms with E-state index in [1.54, 1.807) is 29.5 Å². The monoisotopic (exact) mass is 360 g/mol. The summed E-state index contributed by atoms with van der Waals surface area (Å²) in [5, 5.41) is 9.34. The fourth-order valence-electron chi connectivity index (χ4n) is 2.05. The number of rotatable bonds is 5. The summed E-state index contributed by atoms with van der Waals surface area (Å²) in [6.45, 7) is 0.563. The lowest BCUT2D eigenvalue weighted by atomic mass is 10.3. The summed E-state index contributed by atoms with van der Waals surface area (Å²) in [6.07, 6.45) is 1.40. The van der Waals surface area contributed by atoms with Crippen LogP contribution in [0.3, 0.4) is 0 Å². The molecule has 6 nitrogen and oxygen atoms in total. The van der Waals surface area contributed by atoms with Crippen molar-refractivity contribution in [3.8, 4) is 10.6 Å². The smallest absolute Gasteiger partial charge is 0.266 e. The molecule has 0 atom stereocenters. The second-order valence-electron chi connectivity index (χ2n) is 4.88. The minimum absolute atomic E-state index is 0.210. The highest BCUT2D eigenvalue weighted by atomic mass is 35.5. The number of carbonyl (C=O) groups excluding carboxylic acids is 1. The van der Waals surface area contributed by atoms with Crippen LogP contribution >= 0.6 is 22.9 Å². The Bertz CT molecular complexity index is 891. The van der Waals surface area contributed by atoms with E-state index < -0.39 is 0 Å². The molecule has 1 N–H and O–H groups in total. The third-order valence-corrected chi connectivity index (χ3v) is 4.35. The Hall–Kier alpha value is -2.51. The van der Waals surface area contributed by atoms with Crippen LogP contribution in [0.2, 0.25) is 5.15 Å². The number of hydrogen-bond acceptors (Lipinski definition) is 5. The number of aromatic nitrogens is 3. The molecule has 0 aromatic carbocycles. The van der Waals surface area contributed by atoms with Gasteiger partial charge >= 0.3 is 0 Å². The van der Waals surface area contributed by atoms with Gasteiger partial charge in [-0.1, -0.05) is 17.7 Å². The van der Waals surface area contributed by atoms with Crippen molar-refractivity contribution < 1.29 is 4.79 Å². The Morgan fingerprint density at radius 3 is 2.83 bits per heavy atom. The van der Waals surface area contributed by atoms with Gasteiger partial charge in [0.15, 0.2) is 0 Å². The number of pyridine rings is 1. The first-order valence-electron chi connectivity index (χ1n) is 7.15. The summed E-state index contributed by atoms with van der Waals surface area (Å²) < 4.78 is 1.34. The van der Waals surface area contributed by atoms with E-state index in [1.165, 1.54) is 16.9 Å². The zero-order valence-corrected chi connectivity index (χ0v) is 14.0. The van der Waals surface area contributed by atoms with E-state index in [1.807, 2.05) is 17.5 Å². The first-order chi connectivity index (χ1) is 11.6. The summed E-state index contributed by atoms with van der Waals surface area (Å²) in [4.78, 5) is 28.7. The first-order valence-corrected chi connectivity index (χ1v) is 8.41. The zero-order chi connectivity index (χ0) is 16.9. The first kappa shape index (κ1) is 16.4. The fraction of sp³-hybridized carbons (Fsp3) is 0.125. The maximum atomic E-state index is 12.0. The van der Waals surface area contributed by atoms with Crippen molar-refractivity contribution in [2.75, 3.05) is 6.54 Å². The molecule has 8 heteroatoms. The van der Waals surface area contributed by atoms with Gasteiger partial charge in [-0.05, 0) is 29.6 Å². The predicted octanol–water partition coefficient (Wildman–Crippen LogP) is 2.45. The van der Waals surface area contributed by atoms with Gasteiger partial charge in [0.25, 0.3) is 11.5 Å². The SMILES string of the molecule is O=C(NCCn1nc(-c2cccs2)ccc1=O)c1ccc(Cl)nc1. The molecule has 0 bridgehead atoms. The molecule has 0 spiro atoms. The highest BCUT2D eigenvalue weighted by molar-refractivity contribution is 7.13. The Morgan fingerprint density at radius 1 is 1.25 bits per heavy atom. The second-order valence-corrected chi connectivity index (χ2v) is 6.22. The molecule has 122 valence electrons. The van der Waals surface area contributed by atoms with Gasteiger partial charge in [-0.25, -0.2) is 9.67 Å². The van der Waals surface area contributed by atoms with Crippen molar-refractivity contribution >= 4 is 28.8 Å². The molecule has 3 rings (SSSR count). The molecule has 0 aliphatic rings. The lowest BCUT2D eigenvalue weighted by Gasteiger charge is -2.08. The Morgan fingerprint density at radius 2 is 2.12 bits per heavy atom. The van der Waals surface area contributed by atoms with Crippen LogP contribution in [-0.2, 0) is 6.54 Å². The van der Waals surface area contributed by atoms with E-state index >= 15 is 0 Å². The molecule has 24 heavy (non-hydrogen) atoms. The molecule has 0 radical (unpaired) electrons. The average Bonchev–Trinajstić information content (AvgIpc) is 3.11. The van der Waals surface area contributed by atoms with E-state index in [4.69, 9.17) is 11.6 Å². The third-order valence-electron chi connectivity index (χ3n) is 3.24. The van der Waals surface area contributed by atoms with Crippen LogP contribution in [-0.4, -0.2) is 27.2 Å². The molecule has 0 aliphatic carbocycles. The van der Waals surface area contributed by atoms with Crippen LogP contribution in [0.4, 0.5) is 0 Å². The summed E-state index contributed by atoms with van der Waals surface area (Å²) in [6, 6.07) is 10.2. The van der Waals surface area contributed by atoms with Crippen molar-refractivity contribution in [1.82, 2.24) is 20.1 Å². The van der Waals surface area contributed by atoms with E-state index in [9.17, 15) is 9.59 Å². The number of carbonyl (C=O) groups is 1. The van der Waals surface area contributed by atoms with Gasteiger partial charge in [0.1, 0.15) is 10.8 Å². The lowest BCUT2D eigenvalue weighted by Crippen LogP contribution is -2.31. The molecule has 0 aliphatic heterocycles. The molecule has 0 fully saturated rings. The number of thiophene rings is 1. The summed E-state index contributed by atoms with van der Waals surface area (Å²) >= 11 is 7.24. The van der Waals surface area contributed by atoms with Gasteiger partial charge in [0.2, 0.25) is 0 Å². The van der Waals surface area contributed by atoms with Crippen LogP contribution in [0.5, 0.6) is 0 Å². The summed E-state index contributed by atoms with van der Waals surface area (Å²) in [5.41, 5.74) is 0.933. The minimum Gasteiger partial charge on any atom is -0.350 e. The highest BCUT2D eigenvalue weighted by Crippen LogP contribution is 2.20. The van der Waals surface area contributed by atoms with Crippen molar-refractivity contribution in [3.05, 3.63) is 69.0 Å². The molecule has 1 amide bonds.